The quantitative estimate of drug-likeness (QED) is 0.928. The van der Waals surface area contributed by atoms with E-state index in [9.17, 15) is 4.79 Å². The van der Waals surface area contributed by atoms with E-state index in [1.807, 2.05) is 34.0 Å². The molecule has 7 heteroatoms. The highest BCUT2D eigenvalue weighted by atomic mass is 79.9. The smallest absolute Gasteiger partial charge is 0.273 e. The summed E-state index contributed by atoms with van der Waals surface area (Å²) in [5, 5.41) is 11.5. The van der Waals surface area contributed by atoms with Gasteiger partial charge in [-0.2, -0.15) is 10.2 Å². The number of carbonyl (C=O) groups excluding carboxylic acids is 1. The van der Waals surface area contributed by atoms with Gasteiger partial charge in [0.05, 0.1) is 16.2 Å². The highest BCUT2D eigenvalue weighted by Crippen LogP contribution is 2.19. The zero-order chi connectivity index (χ0) is 14.9. The van der Waals surface area contributed by atoms with Gasteiger partial charge in [0.1, 0.15) is 0 Å². The van der Waals surface area contributed by atoms with Gasteiger partial charge in [-0.1, -0.05) is 0 Å². The first kappa shape index (κ1) is 14.8. The van der Waals surface area contributed by atoms with E-state index in [0.717, 1.165) is 17.8 Å². The third-order valence-corrected chi connectivity index (χ3v) is 3.70. The van der Waals surface area contributed by atoms with Crippen LogP contribution in [0.15, 0.2) is 16.9 Å². The SMILES string of the molecule is CCn1cc(Br)c(C(=O)NC(C)c2cn(C)nc2C)n1. The molecule has 1 amide bonds. The normalized spacial score (nSPS) is 12.4. The van der Waals surface area contributed by atoms with Crippen LogP contribution in [0.4, 0.5) is 0 Å². The Morgan fingerprint density at radius 2 is 2.15 bits per heavy atom. The maximum absolute atomic E-state index is 12.3. The number of hydrogen-bond acceptors (Lipinski definition) is 3. The lowest BCUT2D eigenvalue weighted by Crippen LogP contribution is -2.27. The second kappa shape index (κ2) is 5.78. The summed E-state index contributed by atoms with van der Waals surface area (Å²) in [5.41, 5.74) is 2.32. The van der Waals surface area contributed by atoms with Gasteiger partial charge < -0.3 is 5.32 Å². The largest absolute Gasteiger partial charge is 0.344 e. The Kier molecular flexibility index (Phi) is 4.27. The molecule has 0 saturated heterocycles. The van der Waals surface area contributed by atoms with Crippen LogP contribution in [-0.2, 0) is 13.6 Å². The lowest BCUT2D eigenvalue weighted by molar-refractivity contribution is 0.0933. The molecule has 1 unspecified atom stereocenters. The monoisotopic (exact) mass is 339 g/mol. The fourth-order valence-electron chi connectivity index (χ4n) is 2.10. The van der Waals surface area contributed by atoms with Crippen molar-refractivity contribution in [2.75, 3.05) is 0 Å². The second-order valence-corrected chi connectivity index (χ2v) is 5.57. The molecule has 0 radical (unpaired) electrons. The van der Waals surface area contributed by atoms with Crippen LogP contribution in [0.5, 0.6) is 0 Å². The standard InChI is InChI=1S/C13H18BrN5O/c1-5-19-7-11(14)12(17-19)13(20)15-8(2)10-6-18(4)16-9(10)3/h6-8H,5H2,1-4H3,(H,15,20). The Morgan fingerprint density at radius 3 is 2.65 bits per heavy atom. The minimum Gasteiger partial charge on any atom is -0.344 e. The summed E-state index contributed by atoms with van der Waals surface area (Å²) in [6.07, 6.45) is 3.72. The van der Waals surface area contributed by atoms with Gasteiger partial charge in [0.2, 0.25) is 0 Å². The number of hydrogen-bond donors (Lipinski definition) is 1. The summed E-state index contributed by atoms with van der Waals surface area (Å²) in [7, 11) is 1.87. The molecule has 2 rings (SSSR count). The van der Waals surface area contributed by atoms with Crippen LogP contribution >= 0.6 is 15.9 Å². The van der Waals surface area contributed by atoms with E-state index in [4.69, 9.17) is 0 Å². The molecule has 1 atom stereocenters. The van der Waals surface area contributed by atoms with Crippen LogP contribution < -0.4 is 5.32 Å². The molecule has 0 aliphatic carbocycles. The number of aryl methyl sites for hydroxylation is 3. The minimum atomic E-state index is -0.195. The lowest BCUT2D eigenvalue weighted by atomic mass is 10.1. The second-order valence-electron chi connectivity index (χ2n) is 4.72. The molecule has 0 aromatic carbocycles. The van der Waals surface area contributed by atoms with Crippen LogP contribution in [0.2, 0.25) is 0 Å². The number of amides is 1. The summed E-state index contributed by atoms with van der Waals surface area (Å²) in [6.45, 7) is 6.57. The fourth-order valence-corrected chi connectivity index (χ4v) is 2.59. The summed E-state index contributed by atoms with van der Waals surface area (Å²) in [6, 6.07) is -0.116. The number of nitrogens with zero attached hydrogens (tertiary/aromatic N) is 4. The first-order valence-corrected chi connectivity index (χ1v) is 7.25. The third kappa shape index (κ3) is 2.92. The van der Waals surface area contributed by atoms with Crippen LogP contribution in [0.3, 0.4) is 0 Å². The highest BCUT2D eigenvalue weighted by molar-refractivity contribution is 9.10. The molecule has 0 spiro atoms. The maximum Gasteiger partial charge on any atom is 0.273 e. The molecular weight excluding hydrogens is 322 g/mol. The van der Waals surface area contributed by atoms with Crippen molar-refractivity contribution in [2.45, 2.75) is 33.4 Å². The van der Waals surface area contributed by atoms with E-state index >= 15 is 0 Å². The van der Waals surface area contributed by atoms with Crippen LogP contribution in [0.25, 0.3) is 0 Å². The van der Waals surface area contributed by atoms with Gasteiger partial charge in [-0.3, -0.25) is 14.2 Å². The number of aromatic nitrogens is 4. The van der Waals surface area contributed by atoms with E-state index in [1.54, 1.807) is 15.6 Å². The van der Waals surface area contributed by atoms with Gasteiger partial charge in [-0.25, -0.2) is 0 Å². The van der Waals surface area contributed by atoms with Crippen molar-refractivity contribution >= 4 is 21.8 Å². The molecule has 0 fully saturated rings. The topological polar surface area (TPSA) is 64.7 Å². The molecule has 108 valence electrons. The van der Waals surface area contributed by atoms with Crippen LogP contribution in [0.1, 0.15) is 41.6 Å². The van der Waals surface area contributed by atoms with Crippen molar-refractivity contribution in [3.8, 4) is 0 Å². The maximum atomic E-state index is 12.3. The molecule has 20 heavy (non-hydrogen) atoms. The van der Waals surface area contributed by atoms with E-state index in [2.05, 4.69) is 31.4 Å². The van der Waals surface area contributed by atoms with Crippen molar-refractivity contribution < 1.29 is 4.79 Å². The molecular formula is C13H18BrN5O. The van der Waals surface area contributed by atoms with Crippen molar-refractivity contribution in [2.24, 2.45) is 7.05 Å². The zero-order valence-electron chi connectivity index (χ0n) is 12.0. The van der Waals surface area contributed by atoms with Crippen molar-refractivity contribution in [1.29, 1.82) is 0 Å². The minimum absolute atomic E-state index is 0.116. The number of nitrogens with one attached hydrogen (secondary N) is 1. The Hall–Kier alpha value is -1.63. The molecule has 0 bridgehead atoms. The predicted molar refractivity (Wildman–Crippen MR) is 79.4 cm³/mol. The molecule has 0 aliphatic heterocycles. The lowest BCUT2D eigenvalue weighted by Gasteiger charge is -2.12. The predicted octanol–water partition coefficient (Wildman–Crippen LogP) is 2.20. The van der Waals surface area contributed by atoms with Gasteiger partial charge >= 0.3 is 0 Å². The van der Waals surface area contributed by atoms with Gasteiger partial charge in [0.25, 0.3) is 5.91 Å². The van der Waals surface area contributed by atoms with Gasteiger partial charge in [0, 0.05) is 31.5 Å². The molecule has 6 nitrogen and oxygen atoms in total. The Morgan fingerprint density at radius 1 is 1.45 bits per heavy atom. The first-order chi connectivity index (χ1) is 9.42. The Balaban J connectivity index is 2.14. The first-order valence-electron chi connectivity index (χ1n) is 6.46. The number of rotatable bonds is 4. The van der Waals surface area contributed by atoms with E-state index in [-0.39, 0.29) is 11.9 Å². The Labute approximate surface area is 126 Å². The van der Waals surface area contributed by atoms with Crippen molar-refractivity contribution in [1.82, 2.24) is 24.9 Å². The number of carbonyl (C=O) groups is 1. The van der Waals surface area contributed by atoms with E-state index < -0.39 is 0 Å². The van der Waals surface area contributed by atoms with Gasteiger partial charge in [0.15, 0.2) is 5.69 Å². The van der Waals surface area contributed by atoms with Gasteiger partial charge in [-0.05, 0) is 36.7 Å². The molecule has 2 heterocycles. The summed E-state index contributed by atoms with van der Waals surface area (Å²) < 4.78 is 4.17. The van der Waals surface area contributed by atoms with E-state index in [1.165, 1.54) is 0 Å². The summed E-state index contributed by atoms with van der Waals surface area (Å²) in [5.74, 6) is -0.195. The average molecular weight is 340 g/mol. The van der Waals surface area contributed by atoms with Crippen LogP contribution in [0, 0.1) is 6.92 Å². The molecule has 0 aliphatic rings. The molecule has 0 saturated carbocycles. The van der Waals surface area contributed by atoms with Crippen LogP contribution in [-0.4, -0.2) is 25.5 Å². The van der Waals surface area contributed by atoms with E-state index in [0.29, 0.717) is 10.2 Å². The van der Waals surface area contributed by atoms with Gasteiger partial charge in [-0.15, -0.1) is 0 Å². The summed E-state index contributed by atoms with van der Waals surface area (Å²) >= 11 is 3.36. The third-order valence-electron chi connectivity index (χ3n) is 3.12. The Bertz CT molecular complexity index is 631. The highest BCUT2D eigenvalue weighted by Gasteiger charge is 2.19. The molecule has 1 N–H and O–H groups in total. The number of halogens is 1. The molecule has 2 aromatic heterocycles. The van der Waals surface area contributed by atoms with Crippen molar-refractivity contribution in [3.05, 3.63) is 33.8 Å². The fraction of sp³-hybridized carbons (Fsp3) is 0.462. The summed E-state index contributed by atoms with van der Waals surface area (Å²) in [4.78, 5) is 12.3. The average Bonchev–Trinajstić information content (AvgIpc) is 2.91. The van der Waals surface area contributed by atoms with Crippen molar-refractivity contribution in [3.63, 3.8) is 0 Å². The molecule has 2 aromatic rings. The zero-order valence-corrected chi connectivity index (χ0v) is 13.6.